The van der Waals surface area contributed by atoms with Crippen LogP contribution >= 0.6 is 0 Å². The van der Waals surface area contributed by atoms with Crippen LogP contribution in [0.2, 0.25) is 0 Å². The Bertz CT molecular complexity index is 342. The van der Waals surface area contributed by atoms with Crippen molar-refractivity contribution in [3.63, 3.8) is 0 Å². The maximum atomic E-state index is 9.61. The molecule has 2 rings (SSSR count). The molecule has 2 heteroatoms. The van der Waals surface area contributed by atoms with Gasteiger partial charge in [0.05, 0.1) is 11.7 Å². The van der Waals surface area contributed by atoms with Crippen LogP contribution in [0.15, 0.2) is 24.3 Å². The largest absolute Gasteiger partial charge is 0.390 e. The molecule has 1 aliphatic rings. The van der Waals surface area contributed by atoms with Gasteiger partial charge in [0.2, 0.25) is 0 Å². The Kier molecular flexibility index (Phi) is 2.13. The zero-order chi connectivity index (χ0) is 10.3. The first kappa shape index (κ1) is 9.69. The molecule has 0 bridgehead atoms. The van der Waals surface area contributed by atoms with Gasteiger partial charge in [-0.3, -0.25) is 0 Å². The fourth-order valence-corrected chi connectivity index (χ4v) is 2.10. The van der Waals surface area contributed by atoms with E-state index >= 15 is 0 Å². The average Bonchev–Trinajstić information content (AvgIpc) is 2.40. The van der Waals surface area contributed by atoms with E-state index in [-0.39, 0.29) is 11.7 Å². The molecular formula is C12H16O2. The molecule has 1 heterocycles. The number of ether oxygens (including phenoxy) is 1. The molecule has 2 atom stereocenters. The van der Waals surface area contributed by atoms with E-state index in [0.717, 1.165) is 5.56 Å². The molecule has 0 spiro atoms. The maximum absolute atomic E-state index is 9.61. The molecule has 0 radical (unpaired) electrons. The normalized spacial score (nSPS) is 25.9. The lowest BCUT2D eigenvalue weighted by Gasteiger charge is -2.21. The molecule has 0 aliphatic carbocycles. The number of benzene rings is 1. The van der Waals surface area contributed by atoms with Crippen molar-refractivity contribution in [2.45, 2.75) is 38.6 Å². The molecule has 0 fully saturated rings. The molecule has 0 saturated carbocycles. The molecular weight excluding hydrogens is 176 g/mol. The van der Waals surface area contributed by atoms with Gasteiger partial charge in [-0.2, -0.15) is 0 Å². The molecule has 2 nitrogen and oxygen atoms in total. The summed E-state index contributed by atoms with van der Waals surface area (Å²) in [5, 5.41) is 9.61. The first-order valence-corrected chi connectivity index (χ1v) is 4.97. The van der Waals surface area contributed by atoms with Gasteiger partial charge in [-0.25, -0.2) is 0 Å². The lowest BCUT2D eigenvalue weighted by atomic mass is 9.94. The van der Waals surface area contributed by atoms with Crippen molar-refractivity contribution in [1.82, 2.24) is 0 Å². The Morgan fingerprint density at radius 1 is 1.36 bits per heavy atom. The highest BCUT2D eigenvalue weighted by Crippen LogP contribution is 2.44. The predicted octanol–water partition coefficient (Wildman–Crippen LogP) is 2.37. The van der Waals surface area contributed by atoms with Gasteiger partial charge in [-0.15, -0.1) is 0 Å². The van der Waals surface area contributed by atoms with Gasteiger partial charge in [-0.1, -0.05) is 24.3 Å². The standard InChI is InChI=1S/C12H16O2/c1-8(13)11-9-6-4-5-7-10(9)12(2,3)14-11/h4-8,11,13H,1-3H3/t8-,11-/m1/s1. The molecule has 1 N–H and O–H groups in total. The van der Waals surface area contributed by atoms with E-state index in [1.165, 1.54) is 5.56 Å². The van der Waals surface area contributed by atoms with Crippen molar-refractivity contribution in [3.8, 4) is 0 Å². The summed E-state index contributed by atoms with van der Waals surface area (Å²) < 4.78 is 5.83. The van der Waals surface area contributed by atoms with Crippen molar-refractivity contribution >= 4 is 0 Å². The summed E-state index contributed by atoms with van der Waals surface area (Å²) in [6.07, 6.45) is -0.640. The van der Waals surface area contributed by atoms with Crippen LogP contribution in [0, 0.1) is 0 Å². The zero-order valence-corrected chi connectivity index (χ0v) is 8.82. The van der Waals surface area contributed by atoms with Crippen LogP contribution in [0.4, 0.5) is 0 Å². The smallest absolute Gasteiger partial charge is 0.110 e. The zero-order valence-electron chi connectivity index (χ0n) is 8.82. The van der Waals surface area contributed by atoms with E-state index in [1.807, 2.05) is 32.0 Å². The Hall–Kier alpha value is -0.860. The predicted molar refractivity (Wildman–Crippen MR) is 55.0 cm³/mol. The summed E-state index contributed by atoms with van der Waals surface area (Å²) in [7, 11) is 0. The number of aliphatic hydroxyl groups excluding tert-OH is 1. The summed E-state index contributed by atoms with van der Waals surface area (Å²) in [6, 6.07) is 8.09. The SMILES string of the molecule is C[C@@H](O)[C@H]1OC(C)(C)c2ccccc21. The lowest BCUT2D eigenvalue weighted by Crippen LogP contribution is -2.19. The molecule has 76 valence electrons. The molecule has 0 saturated heterocycles. The van der Waals surface area contributed by atoms with Gasteiger partial charge in [0.1, 0.15) is 6.10 Å². The number of rotatable bonds is 1. The highest BCUT2D eigenvalue weighted by Gasteiger charge is 2.39. The Morgan fingerprint density at radius 2 is 2.00 bits per heavy atom. The van der Waals surface area contributed by atoms with Crippen molar-refractivity contribution in [3.05, 3.63) is 35.4 Å². The van der Waals surface area contributed by atoms with E-state index in [4.69, 9.17) is 4.74 Å². The van der Waals surface area contributed by atoms with E-state index in [0.29, 0.717) is 0 Å². The van der Waals surface area contributed by atoms with Crippen LogP contribution in [-0.4, -0.2) is 11.2 Å². The number of hydrogen-bond donors (Lipinski definition) is 1. The van der Waals surface area contributed by atoms with E-state index < -0.39 is 6.10 Å². The molecule has 1 aromatic carbocycles. The van der Waals surface area contributed by atoms with Gasteiger partial charge in [0.25, 0.3) is 0 Å². The fraction of sp³-hybridized carbons (Fsp3) is 0.500. The average molecular weight is 192 g/mol. The Balaban J connectivity index is 2.49. The summed E-state index contributed by atoms with van der Waals surface area (Å²) in [5.74, 6) is 0. The molecule has 0 aromatic heterocycles. The number of aliphatic hydroxyl groups is 1. The summed E-state index contributed by atoms with van der Waals surface area (Å²) in [4.78, 5) is 0. The second-order valence-electron chi connectivity index (χ2n) is 4.38. The Labute approximate surface area is 84.5 Å². The molecule has 1 aliphatic heterocycles. The lowest BCUT2D eigenvalue weighted by molar-refractivity contribution is -0.0980. The van der Waals surface area contributed by atoms with Gasteiger partial charge in [0.15, 0.2) is 0 Å². The van der Waals surface area contributed by atoms with Crippen LogP contribution in [0.5, 0.6) is 0 Å². The minimum absolute atomic E-state index is 0.179. The van der Waals surface area contributed by atoms with Crippen LogP contribution in [-0.2, 0) is 10.3 Å². The van der Waals surface area contributed by atoms with Gasteiger partial charge in [-0.05, 0) is 31.9 Å². The molecule has 14 heavy (non-hydrogen) atoms. The third-order valence-electron chi connectivity index (χ3n) is 2.78. The van der Waals surface area contributed by atoms with Crippen molar-refractivity contribution in [1.29, 1.82) is 0 Å². The summed E-state index contributed by atoms with van der Waals surface area (Å²) in [6.45, 7) is 5.84. The monoisotopic (exact) mass is 192 g/mol. The third-order valence-corrected chi connectivity index (χ3v) is 2.78. The van der Waals surface area contributed by atoms with Crippen LogP contribution in [0.3, 0.4) is 0 Å². The summed E-state index contributed by atoms with van der Waals surface area (Å²) in [5.41, 5.74) is 2.02. The van der Waals surface area contributed by atoms with Crippen LogP contribution in [0.25, 0.3) is 0 Å². The number of hydrogen-bond acceptors (Lipinski definition) is 2. The van der Waals surface area contributed by atoms with Gasteiger partial charge in [0, 0.05) is 0 Å². The van der Waals surface area contributed by atoms with Crippen LogP contribution < -0.4 is 0 Å². The minimum Gasteiger partial charge on any atom is -0.390 e. The van der Waals surface area contributed by atoms with E-state index in [1.54, 1.807) is 6.92 Å². The second kappa shape index (κ2) is 3.07. The Morgan fingerprint density at radius 3 is 2.64 bits per heavy atom. The van der Waals surface area contributed by atoms with E-state index in [9.17, 15) is 5.11 Å². The minimum atomic E-state index is -0.460. The van der Waals surface area contributed by atoms with Crippen molar-refractivity contribution in [2.75, 3.05) is 0 Å². The fourth-order valence-electron chi connectivity index (χ4n) is 2.10. The number of fused-ring (bicyclic) bond motifs is 1. The van der Waals surface area contributed by atoms with E-state index in [2.05, 4.69) is 6.07 Å². The molecule has 0 amide bonds. The first-order chi connectivity index (χ1) is 6.52. The van der Waals surface area contributed by atoms with Crippen LogP contribution in [0.1, 0.15) is 38.0 Å². The maximum Gasteiger partial charge on any atom is 0.110 e. The van der Waals surface area contributed by atoms with Crippen molar-refractivity contribution < 1.29 is 9.84 Å². The molecule has 0 unspecified atom stereocenters. The third kappa shape index (κ3) is 1.35. The van der Waals surface area contributed by atoms with Crippen molar-refractivity contribution in [2.24, 2.45) is 0 Å². The quantitative estimate of drug-likeness (QED) is 0.740. The summed E-state index contributed by atoms with van der Waals surface area (Å²) >= 11 is 0. The second-order valence-corrected chi connectivity index (χ2v) is 4.38. The molecule has 1 aromatic rings. The van der Waals surface area contributed by atoms with Gasteiger partial charge >= 0.3 is 0 Å². The van der Waals surface area contributed by atoms with Gasteiger partial charge < -0.3 is 9.84 Å². The first-order valence-electron chi connectivity index (χ1n) is 4.97. The highest BCUT2D eigenvalue weighted by atomic mass is 16.5. The highest BCUT2D eigenvalue weighted by molar-refractivity contribution is 5.37. The topological polar surface area (TPSA) is 29.5 Å².